The summed E-state index contributed by atoms with van der Waals surface area (Å²) in [5.74, 6) is -2.30. The van der Waals surface area contributed by atoms with E-state index in [0.717, 1.165) is 0 Å². The van der Waals surface area contributed by atoms with E-state index >= 15 is 0 Å². The van der Waals surface area contributed by atoms with Gasteiger partial charge in [0, 0.05) is 11.8 Å². The Morgan fingerprint density at radius 1 is 0.657 bits per heavy atom. The van der Waals surface area contributed by atoms with Crippen LogP contribution < -0.4 is 0 Å². The molecule has 6 fully saturated rings. The molecule has 2 N–H and O–H groups in total. The van der Waals surface area contributed by atoms with Gasteiger partial charge in [0.05, 0.1) is 61.7 Å². The van der Waals surface area contributed by atoms with E-state index in [1.165, 1.54) is 0 Å². The lowest BCUT2D eigenvalue weighted by Gasteiger charge is -2.36. The Hall–Kier alpha value is -1.34. The molecule has 6 saturated heterocycles. The van der Waals surface area contributed by atoms with Gasteiger partial charge in [0.25, 0.3) is 0 Å². The van der Waals surface area contributed by atoms with Crippen molar-refractivity contribution in [2.24, 2.45) is 23.7 Å². The zero-order valence-electron chi connectivity index (χ0n) is 20.3. The number of aliphatic hydroxyl groups is 2. The van der Waals surface area contributed by atoms with Gasteiger partial charge >= 0.3 is 11.9 Å². The van der Waals surface area contributed by atoms with Crippen molar-refractivity contribution in [1.82, 2.24) is 0 Å². The predicted octanol–water partition coefficient (Wildman–Crippen LogP) is -0.807. The first-order valence-corrected chi connectivity index (χ1v) is 12.5. The molecule has 0 aromatic rings. The highest BCUT2D eigenvalue weighted by Gasteiger charge is 2.72. The number of carbonyl (C=O) groups is 2. The number of rotatable bonds is 10. The van der Waals surface area contributed by atoms with Crippen LogP contribution in [0.4, 0.5) is 0 Å². The Kier molecular flexibility index (Phi) is 5.54. The van der Waals surface area contributed by atoms with Crippen molar-refractivity contribution in [1.29, 1.82) is 0 Å². The molecule has 35 heavy (non-hydrogen) atoms. The second-order valence-corrected chi connectivity index (χ2v) is 11.6. The molecule has 4 bridgehead atoms. The lowest BCUT2D eigenvalue weighted by Crippen LogP contribution is -2.51. The molecule has 11 nitrogen and oxygen atoms in total. The molecular weight excluding hydrogens is 464 g/mol. The molecule has 0 amide bonds. The van der Waals surface area contributed by atoms with Crippen molar-refractivity contribution in [3.8, 4) is 0 Å². The monoisotopic (exact) mass is 498 g/mol. The SMILES string of the molecule is CC(C)(O)C1C2OC3C(OC(=O)C31)C2OCCOCCOC1C2OC(=O)C3C2OC1C3C(C)(C)O. The summed E-state index contributed by atoms with van der Waals surface area (Å²) in [6.07, 6.45) is -3.30. The summed E-state index contributed by atoms with van der Waals surface area (Å²) in [7, 11) is 0. The minimum Gasteiger partial charge on any atom is -0.456 e. The van der Waals surface area contributed by atoms with Crippen LogP contribution in [0.25, 0.3) is 0 Å². The second-order valence-electron chi connectivity index (χ2n) is 11.6. The summed E-state index contributed by atoms with van der Waals surface area (Å²) < 4.78 is 40.5. The molecule has 196 valence electrons. The predicted molar refractivity (Wildman–Crippen MR) is 114 cm³/mol. The number of fused-ring (bicyclic) bond motifs is 2. The Balaban J connectivity index is 0.956. The minimum absolute atomic E-state index is 0.272. The van der Waals surface area contributed by atoms with E-state index in [1.807, 2.05) is 0 Å². The van der Waals surface area contributed by atoms with Gasteiger partial charge in [-0.3, -0.25) is 9.59 Å². The maximum atomic E-state index is 12.3. The van der Waals surface area contributed by atoms with E-state index in [2.05, 4.69) is 0 Å². The first-order chi connectivity index (χ1) is 16.5. The van der Waals surface area contributed by atoms with Crippen LogP contribution in [0.5, 0.6) is 0 Å². The Morgan fingerprint density at radius 2 is 1.06 bits per heavy atom. The van der Waals surface area contributed by atoms with Gasteiger partial charge in [-0.25, -0.2) is 0 Å². The van der Waals surface area contributed by atoms with Crippen LogP contribution in [0, 0.1) is 23.7 Å². The Labute approximate surface area is 203 Å². The first kappa shape index (κ1) is 24.0. The van der Waals surface area contributed by atoms with Crippen LogP contribution in [0.2, 0.25) is 0 Å². The standard InChI is InChI=1S/C24H34O11/c1-23(2,27)11-9-13-19(34-21(9)25)17(15(11)32-13)30-7-5-29-6-8-31-18-16-12(24(3,4)28)10-14(33-16)20(18)35-22(10)26/h9-20,27-28H,5-8H2,1-4H3. The molecule has 0 aromatic heterocycles. The number of ether oxygens (including phenoxy) is 7. The zero-order valence-corrected chi connectivity index (χ0v) is 20.3. The van der Waals surface area contributed by atoms with E-state index in [4.69, 9.17) is 33.2 Å². The quantitative estimate of drug-likeness (QED) is 0.289. The highest BCUT2D eigenvalue weighted by atomic mass is 16.7. The van der Waals surface area contributed by atoms with Crippen LogP contribution in [-0.4, -0.2) is 109 Å². The van der Waals surface area contributed by atoms with Gasteiger partial charge in [0.15, 0.2) is 12.2 Å². The van der Waals surface area contributed by atoms with E-state index < -0.39 is 59.7 Å². The van der Waals surface area contributed by atoms with Crippen LogP contribution in [-0.2, 0) is 42.7 Å². The van der Waals surface area contributed by atoms with Crippen molar-refractivity contribution in [2.75, 3.05) is 26.4 Å². The summed E-state index contributed by atoms with van der Waals surface area (Å²) >= 11 is 0. The molecule has 12 atom stereocenters. The highest BCUT2D eigenvalue weighted by molar-refractivity contribution is 5.78. The van der Waals surface area contributed by atoms with E-state index in [9.17, 15) is 19.8 Å². The summed E-state index contributed by atoms with van der Waals surface area (Å²) in [4.78, 5) is 24.6. The van der Waals surface area contributed by atoms with Gasteiger partial charge in [0.2, 0.25) is 0 Å². The van der Waals surface area contributed by atoms with Gasteiger partial charge < -0.3 is 43.4 Å². The second kappa shape index (κ2) is 8.08. The third-order valence-electron chi connectivity index (χ3n) is 8.52. The Morgan fingerprint density at radius 3 is 1.43 bits per heavy atom. The molecule has 11 heteroatoms. The maximum Gasteiger partial charge on any atom is 0.312 e. The number of carbonyl (C=O) groups excluding carboxylic acids is 2. The molecule has 12 unspecified atom stereocenters. The molecular formula is C24H34O11. The summed E-state index contributed by atoms with van der Waals surface area (Å²) in [5.41, 5.74) is -2.18. The van der Waals surface area contributed by atoms with Crippen LogP contribution in [0.3, 0.4) is 0 Å². The van der Waals surface area contributed by atoms with E-state index in [1.54, 1.807) is 27.7 Å². The number of esters is 2. The van der Waals surface area contributed by atoms with Gasteiger partial charge in [-0.05, 0) is 27.7 Å². The summed E-state index contributed by atoms with van der Waals surface area (Å²) in [6, 6.07) is 0. The summed E-state index contributed by atoms with van der Waals surface area (Å²) in [6.45, 7) is 7.87. The van der Waals surface area contributed by atoms with Gasteiger partial charge in [-0.15, -0.1) is 0 Å². The molecule has 6 aliphatic rings. The molecule has 6 aliphatic heterocycles. The molecule has 6 rings (SSSR count). The summed E-state index contributed by atoms with van der Waals surface area (Å²) in [5, 5.41) is 21.2. The third kappa shape index (κ3) is 3.58. The fourth-order valence-electron chi connectivity index (χ4n) is 7.30. The number of hydrogen-bond acceptors (Lipinski definition) is 11. The number of hydrogen-bond donors (Lipinski definition) is 2. The van der Waals surface area contributed by atoms with Gasteiger partial charge in [-0.2, -0.15) is 0 Å². The molecule has 0 aliphatic carbocycles. The zero-order chi connectivity index (χ0) is 24.9. The Bertz CT molecular complexity index is 808. The van der Waals surface area contributed by atoms with Gasteiger partial charge in [-0.1, -0.05) is 0 Å². The average molecular weight is 499 g/mol. The smallest absolute Gasteiger partial charge is 0.312 e. The lowest BCUT2D eigenvalue weighted by atomic mass is 9.71. The first-order valence-electron chi connectivity index (χ1n) is 12.5. The highest BCUT2D eigenvalue weighted by Crippen LogP contribution is 2.55. The molecule has 0 saturated carbocycles. The molecule has 6 heterocycles. The molecule has 0 spiro atoms. The van der Waals surface area contributed by atoms with E-state index in [-0.39, 0.29) is 49.2 Å². The topological polar surface area (TPSA) is 139 Å². The lowest BCUT2D eigenvalue weighted by molar-refractivity contribution is -0.148. The van der Waals surface area contributed by atoms with Crippen LogP contribution in [0.1, 0.15) is 27.7 Å². The normalized spacial score (nSPS) is 47.1. The van der Waals surface area contributed by atoms with Crippen molar-refractivity contribution in [3.05, 3.63) is 0 Å². The van der Waals surface area contributed by atoms with Crippen LogP contribution in [0.15, 0.2) is 0 Å². The van der Waals surface area contributed by atoms with Crippen molar-refractivity contribution >= 4 is 11.9 Å². The van der Waals surface area contributed by atoms with Gasteiger partial charge in [0.1, 0.15) is 24.4 Å². The van der Waals surface area contributed by atoms with Crippen LogP contribution >= 0.6 is 0 Å². The maximum absolute atomic E-state index is 12.3. The van der Waals surface area contributed by atoms with Crippen molar-refractivity contribution in [3.63, 3.8) is 0 Å². The fourth-order valence-corrected chi connectivity index (χ4v) is 7.30. The minimum atomic E-state index is -1.09. The molecule has 0 aromatic carbocycles. The third-order valence-corrected chi connectivity index (χ3v) is 8.52. The fraction of sp³-hybridized carbons (Fsp3) is 0.917. The molecule has 0 radical (unpaired) electrons. The van der Waals surface area contributed by atoms with Crippen molar-refractivity contribution in [2.45, 2.75) is 87.7 Å². The average Bonchev–Trinajstić information content (AvgIpc) is 3.53. The van der Waals surface area contributed by atoms with E-state index in [0.29, 0.717) is 13.2 Å². The largest absolute Gasteiger partial charge is 0.456 e. The van der Waals surface area contributed by atoms with Crippen molar-refractivity contribution < 1.29 is 53.0 Å².